The average Bonchev–Trinajstić information content (AvgIpc) is 3.07. The van der Waals surface area contributed by atoms with Gasteiger partial charge in [0.15, 0.2) is 5.69 Å². The largest absolute Gasteiger partial charge is 0.361 e. The van der Waals surface area contributed by atoms with Crippen LogP contribution in [-0.4, -0.2) is 34.0 Å². The Labute approximate surface area is 121 Å². The minimum Gasteiger partial charge on any atom is -0.361 e. The Kier molecular flexibility index (Phi) is 3.56. The highest BCUT2D eigenvalue weighted by Gasteiger charge is 2.28. The van der Waals surface area contributed by atoms with Crippen LogP contribution in [0.2, 0.25) is 0 Å². The summed E-state index contributed by atoms with van der Waals surface area (Å²) in [5, 5.41) is 4.95. The van der Waals surface area contributed by atoms with E-state index in [1.807, 2.05) is 11.1 Å². The van der Waals surface area contributed by atoms with Crippen LogP contribution in [0.15, 0.2) is 16.8 Å². The molecule has 0 saturated carbocycles. The van der Waals surface area contributed by atoms with Gasteiger partial charge in [-0.25, -0.2) is 4.98 Å². The zero-order chi connectivity index (χ0) is 14.1. The molecule has 0 aromatic carbocycles. The summed E-state index contributed by atoms with van der Waals surface area (Å²) in [5.74, 6) is 0.969. The number of piperidine rings is 1. The van der Waals surface area contributed by atoms with Gasteiger partial charge in [-0.1, -0.05) is 5.16 Å². The lowest BCUT2D eigenvalue weighted by Gasteiger charge is -2.31. The molecule has 0 spiro atoms. The first-order chi connectivity index (χ1) is 9.63. The Morgan fingerprint density at radius 2 is 2.35 bits per heavy atom. The molecule has 3 heterocycles. The summed E-state index contributed by atoms with van der Waals surface area (Å²) in [4.78, 5) is 19.9. The first-order valence-electron chi connectivity index (χ1n) is 6.78. The molecule has 1 aliphatic heterocycles. The molecule has 6 heteroatoms. The molecule has 5 nitrogen and oxygen atoms in total. The first kappa shape index (κ1) is 13.3. The molecule has 1 unspecified atom stereocenters. The van der Waals surface area contributed by atoms with E-state index < -0.39 is 0 Å². The van der Waals surface area contributed by atoms with E-state index in [4.69, 9.17) is 4.52 Å². The molecule has 106 valence electrons. The van der Waals surface area contributed by atoms with Crippen molar-refractivity contribution in [1.82, 2.24) is 15.0 Å². The molecule has 0 radical (unpaired) electrons. The number of carbonyl (C=O) groups is 1. The average molecular weight is 291 g/mol. The van der Waals surface area contributed by atoms with E-state index in [0.29, 0.717) is 17.4 Å². The minimum atomic E-state index is -0.0418. The van der Waals surface area contributed by atoms with Gasteiger partial charge in [0.2, 0.25) is 0 Å². The van der Waals surface area contributed by atoms with Crippen LogP contribution >= 0.6 is 11.3 Å². The summed E-state index contributed by atoms with van der Waals surface area (Å²) in [6.07, 6.45) is 4.00. The smallest absolute Gasteiger partial charge is 0.276 e. The van der Waals surface area contributed by atoms with Crippen LogP contribution in [0.25, 0.3) is 0 Å². The van der Waals surface area contributed by atoms with Crippen molar-refractivity contribution < 1.29 is 9.32 Å². The number of hydrogen-bond acceptors (Lipinski definition) is 5. The Morgan fingerprint density at radius 3 is 3.00 bits per heavy atom. The summed E-state index contributed by atoms with van der Waals surface area (Å²) >= 11 is 1.72. The van der Waals surface area contributed by atoms with Crippen molar-refractivity contribution in [2.75, 3.05) is 13.1 Å². The molecular weight excluding hydrogens is 274 g/mol. The zero-order valence-corrected chi connectivity index (χ0v) is 12.4. The van der Waals surface area contributed by atoms with Crippen LogP contribution in [-0.2, 0) is 0 Å². The first-order valence-corrected chi connectivity index (χ1v) is 7.60. The summed E-state index contributed by atoms with van der Waals surface area (Å²) in [7, 11) is 0. The normalized spacial score (nSPS) is 19.3. The van der Waals surface area contributed by atoms with E-state index in [-0.39, 0.29) is 5.91 Å². The second kappa shape index (κ2) is 5.36. The van der Waals surface area contributed by atoms with Crippen LogP contribution in [0.5, 0.6) is 0 Å². The fourth-order valence-electron chi connectivity index (χ4n) is 2.55. The highest BCUT2D eigenvalue weighted by molar-refractivity contribution is 7.11. The summed E-state index contributed by atoms with van der Waals surface area (Å²) < 4.78 is 4.98. The maximum atomic E-state index is 12.4. The molecule has 1 fully saturated rings. The van der Waals surface area contributed by atoms with E-state index in [1.165, 1.54) is 4.88 Å². The highest BCUT2D eigenvalue weighted by atomic mass is 32.1. The van der Waals surface area contributed by atoms with E-state index in [0.717, 1.165) is 30.9 Å². The SMILES string of the molecule is Cc1cc(C(=O)N2CCCC(c3ncc(C)s3)C2)no1. The summed E-state index contributed by atoms with van der Waals surface area (Å²) in [6, 6.07) is 1.69. The second-order valence-electron chi connectivity index (χ2n) is 5.22. The fourth-order valence-corrected chi connectivity index (χ4v) is 3.45. The third kappa shape index (κ3) is 2.60. The lowest BCUT2D eigenvalue weighted by Crippen LogP contribution is -2.39. The Balaban J connectivity index is 1.73. The zero-order valence-electron chi connectivity index (χ0n) is 11.6. The van der Waals surface area contributed by atoms with Crippen molar-refractivity contribution in [1.29, 1.82) is 0 Å². The molecule has 3 rings (SSSR count). The molecular formula is C14H17N3O2S. The number of likely N-dealkylation sites (tertiary alicyclic amines) is 1. The van der Waals surface area contributed by atoms with Crippen LogP contribution in [0.1, 0.15) is 44.9 Å². The number of rotatable bonds is 2. The lowest BCUT2D eigenvalue weighted by molar-refractivity contribution is 0.0696. The molecule has 0 bridgehead atoms. The molecule has 1 amide bonds. The van der Waals surface area contributed by atoms with E-state index in [1.54, 1.807) is 24.3 Å². The van der Waals surface area contributed by atoms with Gasteiger partial charge in [0.05, 0.1) is 5.01 Å². The van der Waals surface area contributed by atoms with Crippen LogP contribution in [0.4, 0.5) is 0 Å². The van der Waals surface area contributed by atoms with Crippen molar-refractivity contribution in [2.45, 2.75) is 32.6 Å². The van der Waals surface area contributed by atoms with Gasteiger partial charge in [-0.3, -0.25) is 4.79 Å². The van der Waals surface area contributed by atoms with Crippen molar-refractivity contribution in [3.8, 4) is 0 Å². The number of thiazole rings is 1. The minimum absolute atomic E-state index is 0.0418. The Morgan fingerprint density at radius 1 is 1.50 bits per heavy atom. The van der Waals surface area contributed by atoms with Gasteiger partial charge >= 0.3 is 0 Å². The number of hydrogen-bond donors (Lipinski definition) is 0. The molecule has 0 aliphatic carbocycles. The maximum Gasteiger partial charge on any atom is 0.276 e. The molecule has 1 saturated heterocycles. The van der Waals surface area contributed by atoms with Gasteiger partial charge in [0.25, 0.3) is 5.91 Å². The van der Waals surface area contributed by atoms with E-state index >= 15 is 0 Å². The maximum absolute atomic E-state index is 12.4. The van der Waals surface area contributed by atoms with Crippen molar-refractivity contribution in [3.63, 3.8) is 0 Å². The molecule has 2 aromatic rings. The standard InChI is InChI=1S/C14H17N3O2S/c1-9-6-12(16-19-9)14(18)17-5-3-4-11(8-17)13-15-7-10(2)20-13/h6-7,11H,3-5,8H2,1-2H3. The second-order valence-corrected chi connectivity index (χ2v) is 6.49. The predicted octanol–water partition coefficient (Wildman–Crippen LogP) is 2.77. The Bertz CT molecular complexity index is 619. The quantitative estimate of drug-likeness (QED) is 0.853. The molecule has 2 aromatic heterocycles. The Hall–Kier alpha value is -1.69. The number of aromatic nitrogens is 2. The van der Waals surface area contributed by atoms with Gasteiger partial charge in [-0.2, -0.15) is 0 Å². The van der Waals surface area contributed by atoms with Crippen LogP contribution in [0.3, 0.4) is 0 Å². The fraction of sp³-hybridized carbons (Fsp3) is 0.500. The van der Waals surface area contributed by atoms with E-state index in [9.17, 15) is 4.79 Å². The van der Waals surface area contributed by atoms with Gasteiger partial charge in [0.1, 0.15) is 5.76 Å². The van der Waals surface area contributed by atoms with Crippen molar-refractivity contribution in [3.05, 3.63) is 33.6 Å². The molecule has 1 aliphatic rings. The van der Waals surface area contributed by atoms with Gasteiger partial charge in [0, 0.05) is 36.1 Å². The topological polar surface area (TPSA) is 59.2 Å². The summed E-state index contributed by atoms with van der Waals surface area (Å²) in [6.45, 7) is 5.36. The molecule has 0 N–H and O–H groups in total. The van der Waals surface area contributed by atoms with Gasteiger partial charge in [-0.05, 0) is 26.7 Å². The predicted molar refractivity (Wildman–Crippen MR) is 76.0 cm³/mol. The molecule has 20 heavy (non-hydrogen) atoms. The van der Waals surface area contributed by atoms with Crippen molar-refractivity contribution >= 4 is 17.2 Å². The third-order valence-electron chi connectivity index (χ3n) is 3.54. The highest BCUT2D eigenvalue weighted by Crippen LogP contribution is 2.30. The third-order valence-corrected chi connectivity index (χ3v) is 4.62. The van der Waals surface area contributed by atoms with Crippen molar-refractivity contribution in [2.24, 2.45) is 0 Å². The monoisotopic (exact) mass is 291 g/mol. The summed E-state index contributed by atoms with van der Waals surface area (Å²) in [5.41, 5.74) is 0.401. The number of carbonyl (C=O) groups excluding carboxylic acids is 1. The molecule has 1 atom stereocenters. The number of amides is 1. The number of aryl methyl sites for hydroxylation is 2. The van der Waals surface area contributed by atoms with Gasteiger partial charge in [-0.15, -0.1) is 11.3 Å². The van der Waals surface area contributed by atoms with Crippen LogP contribution < -0.4 is 0 Å². The van der Waals surface area contributed by atoms with Gasteiger partial charge < -0.3 is 9.42 Å². The van der Waals surface area contributed by atoms with E-state index in [2.05, 4.69) is 17.1 Å². The number of nitrogens with zero attached hydrogens (tertiary/aromatic N) is 3. The van der Waals surface area contributed by atoms with Crippen LogP contribution in [0, 0.1) is 13.8 Å². The lowest BCUT2D eigenvalue weighted by atomic mass is 9.98.